The van der Waals surface area contributed by atoms with E-state index in [0.29, 0.717) is 4.88 Å². The van der Waals surface area contributed by atoms with E-state index in [4.69, 9.17) is 5.73 Å². The molecule has 0 unspecified atom stereocenters. The summed E-state index contributed by atoms with van der Waals surface area (Å²) in [6.07, 6.45) is 1.27. The van der Waals surface area contributed by atoms with Crippen LogP contribution in [0.2, 0.25) is 0 Å². The maximum absolute atomic E-state index is 12.0. The van der Waals surface area contributed by atoms with Gasteiger partial charge in [0.2, 0.25) is 5.95 Å². The fourth-order valence-corrected chi connectivity index (χ4v) is 2.31. The molecule has 0 fully saturated rings. The molecule has 2 N–H and O–H groups in total. The molecule has 0 aliphatic rings. The molecule has 2 heterocycles. The lowest BCUT2D eigenvalue weighted by molar-refractivity contribution is 0.0951. The minimum Gasteiger partial charge on any atom is -0.368 e. The Bertz CT molecular complexity index is 514. The standard InChI is InChI=1S/C9H10N4OS/c1-5-3-6(2)15-7(5)8(14)13-9(10)11-4-12-13/h3-4H,1-2H3,(H2,10,11,12). The van der Waals surface area contributed by atoms with Gasteiger partial charge in [0, 0.05) is 4.88 Å². The Hall–Kier alpha value is -1.69. The zero-order chi connectivity index (χ0) is 11.0. The van der Waals surface area contributed by atoms with Crippen LogP contribution in [0, 0.1) is 13.8 Å². The van der Waals surface area contributed by atoms with Crippen molar-refractivity contribution in [3.8, 4) is 0 Å². The maximum Gasteiger partial charge on any atom is 0.291 e. The van der Waals surface area contributed by atoms with E-state index < -0.39 is 0 Å². The van der Waals surface area contributed by atoms with Gasteiger partial charge in [0.1, 0.15) is 6.33 Å². The highest BCUT2D eigenvalue weighted by Crippen LogP contribution is 2.22. The Labute approximate surface area is 90.6 Å². The van der Waals surface area contributed by atoms with Crippen molar-refractivity contribution in [2.45, 2.75) is 13.8 Å². The van der Waals surface area contributed by atoms with E-state index in [9.17, 15) is 4.79 Å². The van der Waals surface area contributed by atoms with Crippen molar-refractivity contribution in [3.05, 3.63) is 27.7 Å². The first kappa shape index (κ1) is 9.85. The third kappa shape index (κ3) is 1.63. The SMILES string of the molecule is Cc1cc(C)c(C(=O)n2ncnc2N)s1. The van der Waals surface area contributed by atoms with Crippen LogP contribution in [0.1, 0.15) is 20.1 Å². The first-order valence-electron chi connectivity index (χ1n) is 4.37. The smallest absolute Gasteiger partial charge is 0.291 e. The van der Waals surface area contributed by atoms with Gasteiger partial charge in [0.15, 0.2) is 0 Å². The molecular weight excluding hydrogens is 212 g/mol. The van der Waals surface area contributed by atoms with Gasteiger partial charge in [-0.15, -0.1) is 11.3 Å². The number of carbonyl (C=O) groups is 1. The average Bonchev–Trinajstić information content (AvgIpc) is 2.71. The van der Waals surface area contributed by atoms with Crippen molar-refractivity contribution < 1.29 is 4.79 Å². The summed E-state index contributed by atoms with van der Waals surface area (Å²) >= 11 is 1.44. The highest BCUT2D eigenvalue weighted by atomic mass is 32.1. The van der Waals surface area contributed by atoms with Gasteiger partial charge in [-0.1, -0.05) is 0 Å². The second-order valence-corrected chi connectivity index (χ2v) is 4.46. The lowest BCUT2D eigenvalue weighted by Gasteiger charge is -1.99. The number of nitrogen functional groups attached to an aromatic ring is 1. The monoisotopic (exact) mass is 222 g/mol. The summed E-state index contributed by atoms with van der Waals surface area (Å²) in [6, 6.07) is 1.96. The fraction of sp³-hybridized carbons (Fsp3) is 0.222. The molecule has 0 amide bonds. The van der Waals surface area contributed by atoms with Crippen molar-refractivity contribution in [2.24, 2.45) is 0 Å². The Morgan fingerprint density at radius 1 is 1.53 bits per heavy atom. The van der Waals surface area contributed by atoms with Gasteiger partial charge < -0.3 is 5.73 Å². The number of nitrogens with zero attached hydrogens (tertiary/aromatic N) is 3. The molecule has 2 aromatic rings. The second kappa shape index (κ2) is 3.47. The Morgan fingerprint density at radius 2 is 2.27 bits per heavy atom. The molecule has 15 heavy (non-hydrogen) atoms. The molecule has 0 aromatic carbocycles. The first-order valence-corrected chi connectivity index (χ1v) is 5.18. The van der Waals surface area contributed by atoms with Crippen molar-refractivity contribution in [3.63, 3.8) is 0 Å². The highest BCUT2D eigenvalue weighted by molar-refractivity contribution is 7.14. The number of thiophene rings is 1. The molecule has 0 aliphatic carbocycles. The average molecular weight is 222 g/mol. The molecule has 0 spiro atoms. The molecule has 0 bridgehead atoms. The van der Waals surface area contributed by atoms with Crippen molar-refractivity contribution in [2.75, 3.05) is 5.73 Å². The van der Waals surface area contributed by atoms with Gasteiger partial charge in [-0.2, -0.15) is 14.8 Å². The third-order valence-corrected chi connectivity index (χ3v) is 3.14. The quantitative estimate of drug-likeness (QED) is 0.787. The number of aryl methyl sites for hydroxylation is 2. The molecule has 78 valence electrons. The zero-order valence-corrected chi connectivity index (χ0v) is 9.21. The van der Waals surface area contributed by atoms with Crippen molar-refractivity contribution in [1.29, 1.82) is 0 Å². The normalized spacial score (nSPS) is 10.5. The van der Waals surface area contributed by atoms with Crippen LogP contribution < -0.4 is 5.73 Å². The lowest BCUT2D eigenvalue weighted by atomic mass is 10.2. The van der Waals surface area contributed by atoms with E-state index in [1.54, 1.807) is 0 Å². The predicted molar refractivity (Wildman–Crippen MR) is 58.0 cm³/mol. The molecule has 0 aliphatic heterocycles. The van der Waals surface area contributed by atoms with Crippen LogP contribution in [-0.2, 0) is 0 Å². The minimum atomic E-state index is -0.222. The number of hydrogen-bond donors (Lipinski definition) is 1. The van der Waals surface area contributed by atoms with Gasteiger partial charge in [-0.05, 0) is 25.5 Å². The lowest BCUT2D eigenvalue weighted by Crippen LogP contribution is -2.15. The first-order chi connectivity index (χ1) is 7.09. The maximum atomic E-state index is 12.0. The summed E-state index contributed by atoms with van der Waals surface area (Å²) in [5.74, 6) is -0.106. The second-order valence-electron chi connectivity index (χ2n) is 3.20. The largest absolute Gasteiger partial charge is 0.368 e. The Kier molecular flexibility index (Phi) is 2.28. The van der Waals surface area contributed by atoms with Crippen LogP contribution in [0.25, 0.3) is 0 Å². The fourth-order valence-electron chi connectivity index (χ4n) is 1.36. The molecule has 6 heteroatoms. The van der Waals surface area contributed by atoms with Gasteiger partial charge >= 0.3 is 0 Å². The van der Waals surface area contributed by atoms with Gasteiger partial charge in [0.25, 0.3) is 5.91 Å². The Balaban J connectivity index is 2.45. The number of aromatic nitrogens is 3. The molecule has 0 radical (unpaired) electrons. The summed E-state index contributed by atoms with van der Waals surface area (Å²) in [5, 5.41) is 3.78. The molecule has 0 saturated carbocycles. The predicted octanol–water partition coefficient (Wildman–Crippen LogP) is 1.23. The van der Waals surface area contributed by atoms with Gasteiger partial charge in [0.05, 0.1) is 4.88 Å². The third-order valence-electron chi connectivity index (χ3n) is 2.00. The molecule has 0 atom stereocenters. The summed E-state index contributed by atoms with van der Waals surface area (Å²) in [6.45, 7) is 3.85. The van der Waals surface area contributed by atoms with Gasteiger partial charge in [-0.3, -0.25) is 4.79 Å². The van der Waals surface area contributed by atoms with Crippen LogP contribution in [0.5, 0.6) is 0 Å². The molecule has 5 nitrogen and oxygen atoms in total. The minimum absolute atomic E-state index is 0.116. The number of carbonyl (C=O) groups excluding carboxylic acids is 1. The van der Waals surface area contributed by atoms with Crippen molar-refractivity contribution in [1.82, 2.24) is 14.8 Å². The van der Waals surface area contributed by atoms with Crippen LogP contribution in [0.15, 0.2) is 12.4 Å². The molecule has 2 rings (SSSR count). The van der Waals surface area contributed by atoms with E-state index in [1.807, 2.05) is 19.9 Å². The number of nitrogens with two attached hydrogens (primary N) is 1. The van der Waals surface area contributed by atoms with E-state index in [2.05, 4.69) is 10.1 Å². The van der Waals surface area contributed by atoms with E-state index in [0.717, 1.165) is 15.1 Å². The summed E-state index contributed by atoms with van der Waals surface area (Å²) in [5.41, 5.74) is 6.45. The highest BCUT2D eigenvalue weighted by Gasteiger charge is 2.17. The number of anilines is 1. The summed E-state index contributed by atoms with van der Waals surface area (Å²) < 4.78 is 1.11. The zero-order valence-electron chi connectivity index (χ0n) is 8.39. The topological polar surface area (TPSA) is 73.8 Å². The molecular formula is C9H10N4OS. The van der Waals surface area contributed by atoms with Crippen molar-refractivity contribution >= 4 is 23.2 Å². The van der Waals surface area contributed by atoms with Crippen LogP contribution in [-0.4, -0.2) is 20.7 Å². The van der Waals surface area contributed by atoms with E-state index in [-0.39, 0.29) is 11.9 Å². The number of hydrogen-bond acceptors (Lipinski definition) is 5. The van der Waals surface area contributed by atoms with Crippen LogP contribution in [0.3, 0.4) is 0 Å². The number of rotatable bonds is 1. The van der Waals surface area contributed by atoms with E-state index >= 15 is 0 Å². The molecule has 2 aromatic heterocycles. The van der Waals surface area contributed by atoms with E-state index in [1.165, 1.54) is 17.7 Å². The van der Waals surface area contributed by atoms with Crippen LogP contribution >= 0.6 is 11.3 Å². The van der Waals surface area contributed by atoms with Crippen LogP contribution in [0.4, 0.5) is 5.95 Å². The summed E-state index contributed by atoms with van der Waals surface area (Å²) in [4.78, 5) is 17.4. The van der Waals surface area contributed by atoms with Gasteiger partial charge in [-0.25, -0.2) is 0 Å². The molecule has 0 saturated heterocycles. The summed E-state index contributed by atoms with van der Waals surface area (Å²) in [7, 11) is 0. The Morgan fingerprint density at radius 3 is 2.73 bits per heavy atom.